The fourth-order valence-electron chi connectivity index (χ4n) is 8.86. The predicted octanol–water partition coefficient (Wildman–Crippen LogP) is 19.4. The Morgan fingerprint density at radius 2 is 0.603 bits per heavy atom. The maximum Gasteiger partial charge on any atom is 0.0333 e. The molecular formula is C56H74Br2. The highest BCUT2D eigenvalue weighted by molar-refractivity contribution is 9.11. The first-order valence-corrected chi connectivity index (χ1v) is 24.3. The molecule has 0 saturated carbocycles. The summed E-state index contributed by atoms with van der Waals surface area (Å²) in [6, 6.07) is 33.0. The third kappa shape index (κ3) is 10.6. The summed E-state index contributed by atoms with van der Waals surface area (Å²) in [7, 11) is 0. The van der Waals surface area contributed by atoms with Gasteiger partial charge in [0.15, 0.2) is 0 Å². The largest absolute Gasteiger partial charge is 0.0654 e. The van der Waals surface area contributed by atoms with Gasteiger partial charge >= 0.3 is 0 Å². The summed E-state index contributed by atoms with van der Waals surface area (Å²) in [6.45, 7) is 28.1. The number of hydrogen-bond acceptors (Lipinski definition) is 0. The van der Waals surface area contributed by atoms with Crippen LogP contribution in [-0.4, -0.2) is 0 Å². The van der Waals surface area contributed by atoms with Crippen LogP contribution in [0.2, 0.25) is 0 Å². The van der Waals surface area contributed by atoms with Crippen molar-refractivity contribution in [2.45, 2.75) is 182 Å². The number of halogens is 2. The lowest BCUT2D eigenvalue weighted by Gasteiger charge is -2.27. The van der Waals surface area contributed by atoms with Crippen molar-refractivity contribution in [3.8, 4) is 0 Å². The Balaban J connectivity index is 0.000000221. The standard InChI is InChI=1S/C28H36Br2.C28H38/c1-7-9-15-27(3,4)19-11-13-21-23(17-19)25(29)22-14-12-20(18-24(22)26(21)30)28(5,6)16-10-8-2;1-7-9-15-27(3,4)25-13-11-21-18-24-20-26(28(5,6)16-10-8-2)14-12-22(24)17-23(21)19-25/h11-14,17-18H,7-10,15-16H2,1-6H3;11-14,17-20H,7-10,15-16H2,1-6H3. The molecule has 58 heavy (non-hydrogen) atoms. The van der Waals surface area contributed by atoms with Crippen molar-refractivity contribution in [3.05, 3.63) is 116 Å². The minimum atomic E-state index is 0.193. The normalized spacial score (nSPS) is 12.8. The Morgan fingerprint density at radius 3 is 0.897 bits per heavy atom. The van der Waals surface area contributed by atoms with Crippen LogP contribution in [0.15, 0.2) is 93.9 Å². The number of unbranched alkanes of at least 4 members (excludes halogenated alkanes) is 4. The van der Waals surface area contributed by atoms with Crippen molar-refractivity contribution in [2.75, 3.05) is 0 Å². The molecule has 0 heterocycles. The van der Waals surface area contributed by atoms with Crippen molar-refractivity contribution < 1.29 is 0 Å². The molecule has 312 valence electrons. The van der Waals surface area contributed by atoms with Gasteiger partial charge in [-0.05, 0) is 169 Å². The minimum absolute atomic E-state index is 0.193. The summed E-state index contributed by atoms with van der Waals surface area (Å²) in [5.74, 6) is 0. The quantitative estimate of drug-likeness (QED) is 0.0849. The average Bonchev–Trinajstić information content (AvgIpc) is 3.21. The first kappa shape index (κ1) is 46.4. The Morgan fingerprint density at radius 1 is 0.328 bits per heavy atom. The van der Waals surface area contributed by atoms with Gasteiger partial charge in [-0.15, -0.1) is 0 Å². The van der Waals surface area contributed by atoms with Crippen molar-refractivity contribution in [3.63, 3.8) is 0 Å². The molecule has 0 spiro atoms. The van der Waals surface area contributed by atoms with E-state index in [9.17, 15) is 0 Å². The van der Waals surface area contributed by atoms with Gasteiger partial charge in [-0.25, -0.2) is 0 Å². The zero-order valence-electron chi connectivity index (χ0n) is 38.3. The van der Waals surface area contributed by atoms with Gasteiger partial charge in [-0.3, -0.25) is 0 Å². The van der Waals surface area contributed by atoms with E-state index >= 15 is 0 Å². The summed E-state index contributed by atoms with van der Waals surface area (Å²) >= 11 is 7.93. The van der Waals surface area contributed by atoms with Gasteiger partial charge in [0.1, 0.15) is 0 Å². The van der Waals surface area contributed by atoms with E-state index in [4.69, 9.17) is 0 Å². The summed E-state index contributed by atoms with van der Waals surface area (Å²) in [5.41, 5.74) is 6.64. The van der Waals surface area contributed by atoms with Crippen LogP contribution in [0.1, 0.15) is 182 Å². The molecule has 0 atom stereocenters. The van der Waals surface area contributed by atoms with Crippen molar-refractivity contribution in [1.82, 2.24) is 0 Å². The first-order chi connectivity index (χ1) is 27.4. The van der Waals surface area contributed by atoms with Crippen LogP contribution in [-0.2, 0) is 21.7 Å². The molecule has 0 N–H and O–H groups in total. The molecule has 0 fully saturated rings. The lowest BCUT2D eigenvalue weighted by atomic mass is 9.78. The molecule has 0 aromatic heterocycles. The highest BCUT2D eigenvalue weighted by Gasteiger charge is 2.25. The van der Waals surface area contributed by atoms with Crippen LogP contribution >= 0.6 is 31.9 Å². The average molecular weight is 907 g/mol. The van der Waals surface area contributed by atoms with E-state index < -0.39 is 0 Å². The Hall–Kier alpha value is -2.68. The molecule has 0 radical (unpaired) electrons. The number of hydrogen-bond donors (Lipinski definition) is 0. The Kier molecular flexibility index (Phi) is 15.5. The smallest absolute Gasteiger partial charge is 0.0333 e. The van der Waals surface area contributed by atoms with Gasteiger partial charge in [-0.1, -0.05) is 195 Å². The fourth-order valence-corrected chi connectivity index (χ4v) is 10.2. The van der Waals surface area contributed by atoms with Gasteiger partial charge in [0.2, 0.25) is 0 Å². The van der Waals surface area contributed by atoms with Crippen LogP contribution in [0, 0.1) is 0 Å². The van der Waals surface area contributed by atoms with Crippen molar-refractivity contribution in [1.29, 1.82) is 0 Å². The molecule has 0 aliphatic heterocycles. The van der Waals surface area contributed by atoms with E-state index in [1.165, 1.54) is 151 Å². The summed E-state index contributed by atoms with van der Waals surface area (Å²) in [6.07, 6.45) is 15.1. The monoisotopic (exact) mass is 904 g/mol. The van der Waals surface area contributed by atoms with E-state index in [1.807, 2.05) is 0 Å². The second-order valence-electron chi connectivity index (χ2n) is 20.1. The number of fused-ring (bicyclic) bond motifs is 4. The zero-order valence-corrected chi connectivity index (χ0v) is 41.5. The lowest BCUT2D eigenvalue weighted by Crippen LogP contribution is -2.17. The lowest BCUT2D eigenvalue weighted by molar-refractivity contribution is 0.458. The third-order valence-electron chi connectivity index (χ3n) is 13.5. The molecule has 0 bridgehead atoms. The van der Waals surface area contributed by atoms with E-state index in [2.05, 4.69) is 200 Å². The first-order valence-electron chi connectivity index (χ1n) is 22.7. The van der Waals surface area contributed by atoms with Crippen molar-refractivity contribution in [2.24, 2.45) is 0 Å². The highest BCUT2D eigenvalue weighted by Crippen LogP contribution is 2.44. The summed E-state index contributed by atoms with van der Waals surface area (Å²) in [4.78, 5) is 0. The maximum absolute atomic E-state index is 3.97. The highest BCUT2D eigenvalue weighted by atomic mass is 79.9. The molecular weight excluding hydrogens is 832 g/mol. The molecule has 0 amide bonds. The van der Waals surface area contributed by atoms with Crippen LogP contribution < -0.4 is 0 Å². The molecule has 6 rings (SSSR count). The van der Waals surface area contributed by atoms with Crippen LogP contribution in [0.5, 0.6) is 0 Å². The maximum atomic E-state index is 3.97. The zero-order chi connectivity index (χ0) is 42.5. The van der Waals surface area contributed by atoms with Crippen LogP contribution in [0.4, 0.5) is 0 Å². The summed E-state index contributed by atoms with van der Waals surface area (Å²) < 4.78 is 2.42. The Bertz CT molecular complexity index is 2150. The molecule has 0 nitrogen and oxygen atoms in total. The number of benzene rings is 6. The molecule has 6 aromatic carbocycles. The van der Waals surface area contributed by atoms with Gasteiger partial charge in [0.05, 0.1) is 0 Å². The fraction of sp³-hybridized carbons (Fsp3) is 0.500. The van der Waals surface area contributed by atoms with Gasteiger partial charge in [0.25, 0.3) is 0 Å². The summed E-state index contributed by atoms with van der Waals surface area (Å²) in [5, 5.41) is 10.6. The van der Waals surface area contributed by atoms with E-state index in [-0.39, 0.29) is 21.7 Å². The van der Waals surface area contributed by atoms with Gasteiger partial charge in [-0.2, -0.15) is 0 Å². The molecule has 0 aliphatic carbocycles. The predicted molar refractivity (Wildman–Crippen MR) is 269 cm³/mol. The van der Waals surface area contributed by atoms with Crippen molar-refractivity contribution >= 4 is 74.9 Å². The van der Waals surface area contributed by atoms with Crippen LogP contribution in [0.25, 0.3) is 43.1 Å². The molecule has 2 heteroatoms. The molecule has 6 aromatic rings. The molecule has 0 aliphatic rings. The van der Waals surface area contributed by atoms with Crippen LogP contribution in [0.3, 0.4) is 0 Å². The minimum Gasteiger partial charge on any atom is -0.0654 e. The SMILES string of the molecule is CCCCC(C)(C)c1ccc2c(Br)c3cc(C(C)(C)CCCC)ccc3c(Br)c2c1.CCCCC(C)(C)c1ccc2cc3cc(C(C)(C)CCCC)ccc3cc2c1. The van der Waals surface area contributed by atoms with E-state index in [0.717, 1.165) is 0 Å². The third-order valence-corrected chi connectivity index (χ3v) is 15.2. The van der Waals surface area contributed by atoms with Gasteiger partial charge < -0.3 is 0 Å². The van der Waals surface area contributed by atoms with E-state index in [1.54, 1.807) is 0 Å². The topological polar surface area (TPSA) is 0 Å². The van der Waals surface area contributed by atoms with E-state index in [0.29, 0.717) is 0 Å². The Labute approximate surface area is 370 Å². The second-order valence-corrected chi connectivity index (χ2v) is 21.7. The molecule has 0 saturated heterocycles. The van der Waals surface area contributed by atoms with Gasteiger partial charge in [0, 0.05) is 8.95 Å². The second kappa shape index (κ2) is 19.4. The number of rotatable bonds is 16. The molecule has 0 unspecified atom stereocenters.